The van der Waals surface area contributed by atoms with Crippen LogP contribution in [0.15, 0.2) is 18.3 Å². The Morgan fingerprint density at radius 1 is 1.11 bits per heavy atom. The van der Waals surface area contributed by atoms with Crippen molar-refractivity contribution in [3.63, 3.8) is 0 Å². The van der Waals surface area contributed by atoms with Crippen LogP contribution in [0, 0.1) is 6.92 Å². The average molecular weight is 240 g/mol. The van der Waals surface area contributed by atoms with E-state index in [1.54, 1.807) is 5.56 Å². The van der Waals surface area contributed by atoms with E-state index in [9.17, 15) is 0 Å². The lowest BCUT2D eigenvalue weighted by Crippen LogP contribution is -2.37. The molecule has 4 rings (SSSR count). The summed E-state index contributed by atoms with van der Waals surface area (Å²) in [4.78, 5) is 6.15. The van der Waals surface area contributed by atoms with E-state index in [2.05, 4.69) is 35.1 Å². The molecule has 2 aromatic rings. The van der Waals surface area contributed by atoms with Crippen LogP contribution in [0.2, 0.25) is 0 Å². The number of nitrogens with one attached hydrogen (secondary N) is 1. The molecule has 1 aromatic carbocycles. The molecule has 0 radical (unpaired) electrons. The molecule has 1 unspecified atom stereocenters. The molecule has 1 aliphatic carbocycles. The first kappa shape index (κ1) is 10.6. The molecule has 18 heavy (non-hydrogen) atoms. The van der Waals surface area contributed by atoms with Crippen molar-refractivity contribution < 1.29 is 0 Å². The van der Waals surface area contributed by atoms with Gasteiger partial charge in [0.05, 0.1) is 0 Å². The predicted molar refractivity (Wildman–Crippen MR) is 75.0 cm³/mol. The molecule has 1 N–H and O–H groups in total. The van der Waals surface area contributed by atoms with Gasteiger partial charge in [-0.1, -0.05) is 6.07 Å². The highest BCUT2D eigenvalue weighted by molar-refractivity contribution is 5.88. The van der Waals surface area contributed by atoms with E-state index >= 15 is 0 Å². The summed E-state index contributed by atoms with van der Waals surface area (Å²) in [6.45, 7) is 4.81. The molecule has 2 nitrogen and oxygen atoms in total. The van der Waals surface area contributed by atoms with E-state index in [0.717, 1.165) is 6.04 Å². The summed E-state index contributed by atoms with van der Waals surface area (Å²) in [7, 11) is 0. The SMILES string of the molecule is Cc1cc2c3c(c[nH]c3c1)CC(N1CCCC1)C2. The van der Waals surface area contributed by atoms with Crippen LogP contribution in [-0.4, -0.2) is 29.0 Å². The van der Waals surface area contributed by atoms with Gasteiger partial charge in [-0.2, -0.15) is 0 Å². The van der Waals surface area contributed by atoms with Gasteiger partial charge < -0.3 is 4.98 Å². The zero-order chi connectivity index (χ0) is 12.1. The van der Waals surface area contributed by atoms with E-state index in [1.807, 2.05) is 0 Å². The van der Waals surface area contributed by atoms with Gasteiger partial charge >= 0.3 is 0 Å². The molecule has 1 atom stereocenters. The number of aromatic nitrogens is 1. The van der Waals surface area contributed by atoms with Crippen molar-refractivity contribution in [3.05, 3.63) is 35.0 Å². The summed E-state index contributed by atoms with van der Waals surface area (Å²) in [5.74, 6) is 0. The van der Waals surface area contributed by atoms with Gasteiger partial charge in [0.15, 0.2) is 0 Å². The van der Waals surface area contributed by atoms with Crippen LogP contribution >= 0.6 is 0 Å². The summed E-state index contributed by atoms with van der Waals surface area (Å²) in [6.07, 6.45) is 7.48. The van der Waals surface area contributed by atoms with Gasteiger partial charge in [0, 0.05) is 23.1 Å². The molecule has 0 saturated carbocycles. The van der Waals surface area contributed by atoms with Gasteiger partial charge in [-0.3, -0.25) is 4.90 Å². The van der Waals surface area contributed by atoms with Gasteiger partial charge in [0.25, 0.3) is 0 Å². The first-order valence-corrected chi connectivity index (χ1v) is 7.15. The van der Waals surface area contributed by atoms with Crippen LogP contribution in [0.3, 0.4) is 0 Å². The van der Waals surface area contributed by atoms with E-state index in [1.165, 1.54) is 60.8 Å². The quantitative estimate of drug-likeness (QED) is 0.811. The Morgan fingerprint density at radius 3 is 2.72 bits per heavy atom. The fourth-order valence-corrected chi connectivity index (χ4v) is 3.86. The molecule has 0 amide bonds. The number of H-pyrrole nitrogens is 1. The lowest BCUT2D eigenvalue weighted by atomic mass is 9.87. The van der Waals surface area contributed by atoms with E-state index < -0.39 is 0 Å². The van der Waals surface area contributed by atoms with Gasteiger partial charge in [0.2, 0.25) is 0 Å². The van der Waals surface area contributed by atoms with E-state index in [4.69, 9.17) is 0 Å². The minimum Gasteiger partial charge on any atom is -0.361 e. The number of hydrogen-bond acceptors (Lipinski definition) is 1. The van der Waals surface area contributed by atoms with Crippen molar-refractivity contribution in [1.82, 2.24) is 9.88 Å². The molecule has 1 aliphatic heterocycles. The third-order valence-electron chi connectivity index (χ3n) is 4.66. The van der Waals surface area contributed by atoms with Crippen LogP contribution < -0.4 is 0 Å². The van der Waals surface area contributed by atoms with Crippen molar-refractivity contribution in [2.75, 3.05) is 13.1 Å². The van der Waals surface area contributed by atoms with Crippen LogP contribution in [0.5, 0.6) is 0 Å². The van der Waals surface area contributed by atoms with Crippen molar-refractivity contribution in [2.24, 2.45) is 0 Å². The number of benzene rings is 1. The van der Waals surface area contributed by atoms with Crippen LogP contribution in [0.4, 0.5) is 0 Å². The van der Waals surface area contributed by atoms with Crippen molar-refractivity contribution >= 4 is 10.9 Å². The summed E-state index contributed by atoms with van der Waals surface area (Å²) >= 11 is 0. The Kier molecular flexibility index (Phi) is 2.28. The van der Waals surface area contributed by atoms with Crippen LogP contribution in [0.1, 0.15) is 29.5 Å². The van der Waals surface area contributed by atoms with Crippen LogP contribution in [-0.2, 0) is 12.8 Å². The third-order valence-corrected chi connectivity index (χ3v) is 4.66. The first-order chi connectivity index (χ1) is 8.81. The Balaban J connectivity index is 1.77. The summed E-state index contributed by atoms with van der Waals surface area (Å²) in [6, 6.07) is 5.40. The maximum atomic E-state index is 3.45. The number of aromatic amines is 1. The van der Waals surface area contributed by atoms with Gasteiger partial charge in [0.1, 0.15) is 0 Å². The zero-order valence-electron chi connectivity index (χ0n) is 11.0. The number of aryl methyl sites for hydroxylation is 1. The second kappa shape index (κ2) is 3.86. The summed E-state index contributed by atoms with van der Waals surface area (Å²) in [5.41, 5.74) is 5.81. The molecular formula is C16H20N2. The monoisotopic (exact) mass is 240 g/mol. The maximum Gasteiger partial charge on any atom is 0.0462 e. The molecular weight excluding hydrogens is 220 g/mol. The summed E-state index contributed by atoms with van der Waals surface area (Å²) < 4.78 is 0. The molecule has 94 valence electrons. The number of rotatable bonds is 1. The Labute approximate surface area is 108 Å². The second-order valence-electron chi connectivity index (χ2n) is 5.97. The Morgan fingerprint density at radius 2 is 1.89 bits per heavy atom. The van der Waals surface area contributed by atoms with Crippen LogP contribution in [0.25, 0.3) is 10.9 Å². The first-order valence-electron chi connectivity index (χ1n) is 7.15. The minimum atomic E-state index is 0.737. The standard InChI is InChI=1S/C16H20N2/c1-11-6-12-8-14(18-4-2-3-5-18)9-13-10-17-15(7-11)16(12)13/h6-7,10,14,17H,2-5,8-9H2,1H3. The highest BCUT2D eigenvalue weighted by atomic mass is 15.2. The molecule has 1 aromatic heterocycles. The number of nitrogens with zero attached hydrogens (tertiary/aromatic N) is 1. The molecule has 2 heterocycles. The van der Waals surface area contributed by atoms with Gasteiger partial charge in [-0.05, 0) is 68.5 Å². The topological polar surface area (TPSA) is 19.0 Å². The number of hydrogen-bond donors (Lipinski definition) is 1. The highest BCUT2D eigenvalue weighted by Gasteiger charge is 2.28. The second-order valence-corrected chi connectivity index (χ2v) is 5.97. The summed E-state index contributed by atoms with van der Waals surface area (Å²) in [5, 5.41) is 1.51. The Hall–Kier alpha value is -1.28. The van der Waals surface area contributed by atoms with Crippen molar-refractivity contribution in [1.29, 1.82) is 0 Å². The molecule has 0 bridgehead atoms. The van der Waals surface area contributed by atoms with Crippen molar-refractivity contribution in [3.8, 4) is 0 Å². The largest absolute Gasteiger partial charge is 0.361 e. The molecule has 2 heteroatoms. The van der Waals surface area contributed by atoms with Crippen molar-refractivity contribution in [2.45, 2.75) is 38.6 Å². The fraction of sp³-hybridized carbons (Fsp3) is 0.500. The maximum absolute atomic E-state index is 3.45. The molecule has 1 fully saturated rings. The average Bonchev–Trinajstić information content (AvgIpc) is 2.98. The smallest absolute Gasteiger partial charge is 0.0462 e. The van der Waals surface area contributed by atoms with E-state index in [0.29, 0.717) is 0 Å². The lowest BCUT2D eigenvalue weighted by molar-refractivity contribution is 0.237. The molecule has 2 aliphatic rings. The highest BCUT2D eigenvalue weighted by Crippen LogP contribution is 2.33. The molecule has 1 saturated heterocycles. The third kappa shape index (κ3) is 1.52. The fourth-order valence-electron chi connectivity index (χ4n) is 3.86. The predicted octanol–water partition coefficient (Wildman–Crippen LogP) is 3.04. The normalized spacial score (nSPS) is 23.9. The van der Waals surface area contributed by atoms with Gasteiger partial charge in [-0.15, -0.1) is 0 Å². The van der Waals surface area contributed by atoms with Gasteiger partial charge in [-0.25, -0.2) is 0 Å². The lowest BCUT2D eigenvalue weighted by Gasteiger charge is -2.31. The zero-order valence-corrected chi connectivity index (χ0v) is 11.0. The Bertz CT molecular complexity index is 590. The molecule has 0 spiro atoms. The number of likely N-dealkylation sites (tertiary alicyclic amines) is 1. The van der Waals surface area contributed by atoms with E-state index in [-0.39, 0.29) is 0 Å². The minimum absolute atomic E-state index is 0.737.